The monoisotopic (exact) mass is 321 g/mol. The van der Waals surface area contributed by atoms with Crippen LogP contribution in [0.4, 0.5) is 4.39 Å². The fraction of sp³-hybridized carbons (Fsp3) is 0.579. The third-order valence-corrected chi connectivity index (χ3v) is 3.84. The van der Waals surface area contributed by atoms with Gasteiger partial charge in [0.15, 0.2) is 5.78 Å². The summed E-state index contributed by atoms with van der Waals surface area (Å²) in [6, 6.07) is 3.87. The van der Waals surface area contributed by atoms with Crippen LogP contribution >= 0.6 is 0 Å². The van der Waals surface area contributed by atoms with Crippen LogP contribution in [0.5, 0.6) is 0 Å². The van der Waals surface area contributed by atoms with E-state index < -0.39 is 11.9 Å². The first-order chi connectivity index (χ1) is 10.7. The van der Waals surface area contributed by atoms with Crippen molar-refractivity contribution in [1.29, 1.82) is 0 Å². The molecule has 0 N–H and O–H groups in total. The average molecular weight is 321 g/mol. The van der Waals surface area contributed by atoms with E-state index in [1.165, 1.54) is 19.1 Å². The van der Waals surface area contributed by atoms with Crippen molar-refractivity contribution in [2.45, 2.75) is 60.4 Å². The van der Waals surface area contributed by atoms with Gasteiger partial charge in [0.2, 0.25) is 0 Å². The number of halogens is 1. The van der Waals surface area contributed by atoms with E-state index >= 15 is 0 Å². The topological polar surface area (TPSA) is 37.4 Å². The van der Waals surface area contributed by atoms with E-state index in [1.807, 2.05) is 34.6 Å². The summed E-state index contributed by atoms with van der Waals surface area (Å²) in [6.07, 6.45) is 1.27. The van der Waals surface area contributed by atoms with E-state index in [0.717, 1.165) is 5.56 Å². The first-order valence-electron chi connectivity index (χ1n) is 8.29. The lowest BCUT2D eigenvalue weighted by atomic mass is 9.85. The highest BCUT2D eigenvalue weighted by Crippen LogP contribution is 2.28. The number of carbonyl (C=O) groups is 2. The SMILES string of the molecule is CC.CC(=O)[C@H](CC(C)(C)C)N1CCc2ccc(F)cc2C1=O. The molecule has 0 aromatic heterocycles. The molecule has 128 valence electrons. The smallest absolute Gasteiger partial charge is 0.254 e. The highest BCUT2D eigenvalue weighted by Gasteiger charge is 2.34. The van der Waals surface area contributed by atoms with E-state index in [-0.39, 0.29) is 17.1 Å². The zero-order chi connectivity index (χ0) is 17.8. The molecule has 1 aromatic rings. The number of amides is 1. The molecule has 0 radical (unpaired) electrons. The molecule has 0 aliphatic carbocycles. The van der Waals surface area contributed by atoms with E-state index in [1.54, 1.807) is 11.0 Å². The van der Waals surface area contributed by atoms with Gasteiger partial charge in [0.1, 0.15) is 5.82 Å². The van der Waals surface area contributed by atoms with Crippen molar-refractivity contribution in [2.24, 2.45) is 5.41 Å². The lowest BCUT2D eigenvalue weighted by Crippen LogP contribution is -2.49. The predicted molar refractivity (Wildman–Crippen MR) is 91.0 cm³/mol. The van der Waals surface area contributed by atoms with Gasteiger partial charge in [0, 0.05) is 12.1 Å². The molecule has 23 heavy (non-hydrogen) atoms. The van der Waals surface area contributed by atoms with Crippen LogP contribution in [-0.2, 0) is 11.2 Å². The number of carbonyl (C=O) groups excluding carboxylic acids is 2. The molecule has 0 saturated heterocycles. The van der Waals surface area contributed by atoms with Crippen LogP contribution in [0.15, 0.2) is 18.2 Å². The third-order valence-electron chi connectivity index (χ3n) is 3.84. The molecule has 0 fully saturated rings. The number of fused-ring (bicyclic) bond motifs is 1. The fourth-order valence-corrected chi connectivity index (χ4v) is 2.81. The number of rotatable bonds is 3. The Morgan fingerprint density at radius 1 is 1.30 bits per heavy atom. The maximum Gasteiger partial charge on any atom is 0.254 e. The Hall–Kier alpha value is -1.71. The molecule has 1 aliphatic rings. The molecule has 0 saturated carbocycles. The van der Waals surface area contributed by atoms with Gasteiger partial charge in [-0.05, 0) is 42.9 Å². The molecular formula is C19H28FNO2. The molecule has 2 rings (SSSR count). The van der Waals surface area contributed by atoms with Crippen LogP contribution in [0.25, 0.3) is 0 Å². The number of nitrogens with zero attached hydrogens (tertiary/aromatic N) is 1. The quantitative estimate of drug-likeness (QED) is 0.835. The number of benzene rings is 1. The van der Waals surface area contributed by atoms with Crippen LogP contribution in [0.1, 0.15) is 63.9 Å². The molecule has 0 spiro atoms. The lowest BCUT2D eigenvalue weighted by Gasteiger charge is -2.37. The summed E-state index contributed by atoms with van der Waals surface area (Å²) in [5.41, 5.74) is 1.19. The highest BCUT2D eigenvalue weighted by molar-refractivity contribution is 5.99. The lowest BCUT2D eigenvalue weighted by molar-refractivity contribution is -0.122. The maximum atomic E-state index is 13.4. The van der Waals surface area contributed by atoms with E-state index in [9.17, 15) is 14.0 Å². The Morgan fingerprint density at radius 3 is 2.43 bits per heavy atom. The van der Waals surface area contributed by atoms with Crippen molar-refractivity contribution in [1.82, 2.24) is 4.90 Å². The molecule has 1 amide bonds. The largest absolute Gasteiger partial charge is 0.328 e. The Kier molecular flexibility index (Phi) is 6.48. The van der Waals surface area contributed by atoms with Crippen molar-refractivity contribution in [3.63, 3.8) is 0 Å². The van der Waals surface area contributed by atoms with Gasteiger partial charge in [0.05, 0.1) is 6.04 Å². The second-order valence-electron chi connectivity index (χ2n) is 6.94. The van der Waals surface area contributed by atoms with Crippen molar-refractivity contribution < 1.29 is 14.0 Å². The van der Waals surface area contributed by atoms with E-state index in [2.05, 4.69) is 0 Å². The van der Waals surface area contributed by atoms with Crippen molar-refractivity contribution in [3.8, 4) is 0 Å². The van der Waals surface area contributed by atoms with E-state index in [4.69, 9.17) is 0 Å². The van der Waals surface area contributed by atoms with Gasteiger partial charge in [0.25, 0.3) is 5.91 Å². The van der Waals surface area contributed by atoms with Gasteiger partial charge in [-0.25, -0.2) is 4.39 Å². The van der Waals surface area contributed by atoms with Crippen LogP contribution in [0.2, 0.25) is 0 Å². The van der Waals surface area contributed by atoms with Gasteiger partial charge in [-0.15, -0.1) is 0 Å². The van der Waals surface area contributed by atoms with Crippen molar-refractivity contribution in [3.05, 3.63) is 35.1 Å². The summed E-state index contributed by atoms with van der Waals surface area (Å²) in [5.74, 6) is -0.669. The number of Topliss-reactive ketones (excluding diaryl/α,β-unsaturated/α-hetero) is 1. The van der Waals surface area contributed by atoms with Gasteiger partial charge < -0.3 is 4.90 Å². The first-order valence-corrected chi connectivity index (χ1v) is 8.29. The normalized spacial score (nSPS) is 15.4. The number of hydrogen-bond donors (Lipinski definition) is 0. The molecule has 4 heteroatoms. The summed E-state index contributed by atoms with van der Waals surface area (Å²) in [6.45, 7) is 12.2. The van der Waals surface area contributed by atoms with Crippen molar-refractivity contribution >= 4 is 11.7 Å². The summed E-state index contributed by atoms with van der Waals surface area (Å²) < 4.78 is 13.4. The molecular weight excluding hydrogens is 293 g/mol. The Bertz CT molecular complexity index is 575. The number of hydrogen-bond acceptors (Lipinski definition) is 2. The Labute approximate surface area is 138 Å². The second-order valence-corrected chi connectivity index (χ2v) is 6.94. The molecule has 0 bridgehead atoms. The molecule has 1 aliphatic heterocycles. The van der Waals surface area contributed by atoms with Crippen LogP contribution in [-0.4, -0.2) is 29.2 Å². The molecule has 1 heterocycles. The van der Waals surface area contributed by atoms with Crippen molar-refractivity contribution in [2.75, 3.05) is 6.54 Å². The van der Waals surface area contributed by atoms with Gasteiger partial charge in [-0.3, -0.25) is 9.59 Å². The fourth-order valence-electron chi connectivity index (χ4n) is 2.81. The van der Waals surface area contributed by atoms with Gasteiger partial charge >= 0.3 is 0 Å². The van der Waals surface area contributed by atoms with Crippen LogP contribution in [0, 0.1) is 11.2 Å². The summed E-state index contributed by atoms with van der Waals surface area (Å²) in [4.78, 5) is 26.2. The summed E-state index contributed by atoms with van der Waals surface area (Å²) in [7, 11) is 0. The van der Waals surface area contributed by atoms with Crippen LogP contribution in [0.3, 0.4) is 0 Å². The minimum atomic E-state index is -0.436. The average Bonchev–Trinajstić information content (AvgIpc) is 2.47. The Balaban J connectivity index is 0.00000127. The minimum Gasteiger partial charge on any atom is -0.328 e. The number of ketones is 1. The predicted octanol–water partition coefficient (Wildman–Crippen LogP) is 4.24. The standard InChI is InChI=1S/C17H22FNO2.C2H6/c1-11(20)15(10-17(2,3)4)19-8-7-12-5-6-13(18)9-14(12)16(19)21;1-2/h5-6,9,15H,7-8,10H2,1-4H3;1-2H3/t15-;/m0./s1. The molecule has 1 aromatic carbocycles. The first kappa shape index (κ1) is 19.3. The van der Waals surface area contributed by atoms with E-state index in [0.29, 0.717) is 24.9 Å². The molecule has 0 unspecified atom stereocenters. The molecule has 1 atom stereocenters. The summed E-state index contributed by atoms with van der Waals surface area (Å²) in [5, 5.41) is 0. The van der Waals surface area contributed by atoms with Gasteiger partial charge in [-0.1, -0.05) is 40.7 Å². The third kappa shape index (κ3) is 4.88. The zero-order valence-electron chi connectivity index (χ0n) is 15.1. The molecule has 3 nitrogen and oxygen atoms in total. The zero-order valence-corrected chi connectivity index (χ0v) is 15.1. The van der Waals surface area contributed by atoms with Gasteiger partial charge in [-0.2, -0.15) is 0 Å². The highest BCUT2D eigenvalue weighted by atomic mass is 19.1. The van der Waals surface area contributed by atoms with Crippen LogP contribution < -0.4 is 0 Å². The maximum absolute atomic E-state index is 13.4. The summed E-state index contributed by atoms with van der Waals surface area (Å²) >= 11 is 0. The minimum absolute atomic E-state index is 0.0156. The Morgan fingerprint density at radius 2 is 1.91 bits per heavy atom. The second kappa shape index (κ2) is 7.71.